The van der Waals surface area contributed by atoms with Gasteiger partial charge in [0.2, 0.25) is 0 Å². The Morgan fingerprint density at radius 1 is 1.47 bits per heavy atom. The molecule has 1 aliphatic rings. The van der Waals surface area contributed by atoms with Gasteiger partial charge in [-0.3, -0.25) is 4.90 Å². The Bertz CT molecular complexity index is 299. The Kier molecular flexibility index (Phi) is 4.56. The van der Waals surface area contributed by atoms with Crippen LogP contribution in [0.4, 0.5) is 0 Å². The van der Waals surface area contributed by atoms with Crippen molar-refractivity contribution in [2.24, 2.45) is 0 Å². The molecule has 15 heavy (non-hydrogen) atoms. The van der Waals surface area contributed by atoms with Crippen molar-refractivity contribution in [3.63, 3.8) is 0 Å². The van der Waals surface area contributed by atoms with E-state index in [0.29, 0.717) is 0 Å². The molecule has 1 aromatic rings. The molecule has 0 aromatic carbocycles. The van der Waals surface area contributed by atoms with E-state index in [0.717, 1.165) is 44.6 Å². The quantitative estimate of drug-likeness (QED) is 0.792. The molecule has 2 rings (SSSR count). The number of rotatable bonds is 4. The number of aromatic nitrogens is 1. The highest BCUT2D eigenvalue weighted by Crippen LogP contribution is 2.14. The predicted octanol–water partition coefficient (Wildman–Crippen LogP) is 1.91. The minimum absolute atomic E-state index is 0.861. The average molecular weight is 291 g/mol. The maximum absolute atomic E-state index is 5.32. The lowest BCUT2D eigenvalue weighted by Gasteiger charge is -2.25. The second-order valence-corrected chi connectivity index (χ2v) is 5.30. The molecule has 3 nitrogen and oxygen atoms in total. The maximum atomic E-state index is 5.32. The minimum atomic E-state index is 0.861. The lowest BCUT2D eigenvalue weighted by molar-refractivity contribution is 0.0341. The summed E-state index contributed by atoms with van der Waals surface area (Å²) in [6, 6.07) is 0. The van der Waals surface area contributed by atoms with E-state index >= 15 is 0 Å². The summed E-state index contributed by atoms with van der Waals surface area (Å²) in [7, 11) is 0. The summed E-state index contributed by atoms with van der Waals surface area (Å²) in [5.41, 5.74) is 1.21. The first-order valence-corrected chi connectivity index (χ1v) is 7.18. The number of halogens is 1. The highest BCUT2D eigenvalue weighted by atomic mass is 79.9. The SMILES string of the molecule is BrCCc1csc(CN2CCOCC2)n1. The summed E-state index contributed by atoms with van der Waals surface area (Å²) in [6.07, 6.45) is 1.03. The van der Waals surface area contributed by atoms with Crippen LogP contribution in [0.2, 0.25) is 0 Å². The number of hydrogen-bond donors (Lipinski definition) is 0. The van der Waals surface area contributed by atoms with Crippen molar-refractivity contribution in [2.75, 3.05) is 31.6 Å². The molecule has 0 saturated carbocycles. The number of aryl methyl sites for hydroxylation is 1. The average Bonchev–Trinajstić information content (AvgIpc) is 2.68. The van der Waals surface area contributed by atoms with Crippen LogP contribution >= 0.6 is 27.3 Å². The molecule has 1 saturated heterocycles. The van der Waals surface area contributed by atoms with Crippen molar-refractivity contribution in [1.82, 2.24) is 9.88 Å². The first-order chi connectivity index (χ1) is 7.38. The highest BCUT2D eigenvalue weighted by molar-refractivity contribution is 9.09. The molecule has 0 spiro atoms. The Balaban J connectivity index is 1.86. The summed E-state index contributed by atoms with van der Waals surface area (Å²) in [5.74, 6) is 0. The zero-order valence-corrected chi connectivity index (χ0v) is 11.0. The third-order valence-electron chi connectivity index (χ3n) is 2.41. The molecule has 5 heteroatoms. The number of hydrogen-bond acceptors (Lipinski definition) is 4. The fraction of sp³-hybridized carbons (Fsp3) is 0.700. The van der Waals surface area contributed by atoms with Crippen LogP contribution in [0, 0.1) is 0 Å². The lowest BCUT2D eigenvalue weighted by atomic mass is 10.4. The number of alkyl halides is 1. The molecule has 0 unspecified atom stereocenters. The molecule has 0 N–H and O–H groups in total. The molecular weight excluding hydrogens is 276 g/mol. The first kappa shape index (κ1) is 11.5. The second-order valence-electron chi connectivity index (χ2n) is 3.56. The van der Waals surface area contributed by atoms with E-state index in [4.69, 9.17) is 4.74 Å². The van der Waals surface area contributed by atoms with Gasteiger partial charge in [0.15, 0.2) is 0 Å². The molecule has 84 valence electrons. The lowest BCUT2D eigenvalue weighted by Crippen LogP contribution is -2.35. The Labute approximate surface area is 103 Å². The summed E-state index contributed by atoms with van der Waals surface area (Å²) in [4.78, 5) is 7.00. The Hall–Kier alpha value is 0.0300. The van der Waals surface area contributed by atoms with Crippen molar-refractivity contribution >= 4 is 27.3 Å². The van der Waals surface area contributed by atoms with Crippen LogP contribution in [0.1, 0.15) is 10.7 Å². The van der Waals surface area contributed by atoms with Gasteiger partial charge in [0.1, 0.15) is 5.01 Å². The fourth-order valence-electron chi connectivity index (χ4n) is 1.58. The summed E-state index contributed by atoms with van der Waals surface area (Å²) >= 11 is 5.20. The maximum Gasteiger partial charge on any atom is 0.107 e. The van der Waals surface area contributed by atoms with E-state index in [2.05, 4.69) is 31.2 Å². The van der Waals surface area contributed by atoms with Crippen LogP contribution in [0.3, 0.4) is 0 Å². The second kappa shape index (κ2) is 5.94. The van der Waals surface area contributed by atoms with Gasteiger partial charge in [0.25, 0.3) is 0 Å². The minimum Gasteiger partial charge on any atom is -0.379 e. The van der Waals surface area contributed by atoms with Crippen molar-refractivity contribution in [3.8, 4) is 0 Å². The normalized spacial score (nSPS) is 18.2. The molecular formula is C10H15BrN2OS. The van der Waals surface area contributed by atoms with Crippen LogP contribution < -0.4 is 0 Å². The van der Waals surface area contributed by atoms with Crippen LogP contribution in [0.15, 0.2) is 5.38 Å². The van der Waals surface area contributed by atoms with Crippen molar-refractivity contribution in [3.05, 3.63) is 16.1 Å². The van der Waals surface area contributed by atoms with Gasteiger partial charge in [-0.15, -0.1) is 11.3 Å². The standard InChI is InChI=1S/C10H15BrN2OS/c11-2-1-9-8-15-10(12-9)7-13-3-5-14-6-4-13/h8H,1-7H2. The summed E-state index contributed by atoms with van der Waals surface area (Å²) < 4.78 is 5.32. The van der Waals surface area contributed by atoms with Crippen LogP contribution in [0.5, 0.6) is 0 Å². The molecule has 0 radical (unpaired) electrons. The van der Waals surface area contributed by atoms with E-state index < -0.39 is 0 Å². The van der Waals surface area contributed by atoms with Crippen LogP contribution in [0.25, 0.3) is 0 Å². The molecule has 0 bridgehead atoms. The topological polar surface area (TPSA) is 25.4 Å². The van der Waals surface area contributed by atoms with Gasteiger partial charge in [-0.2, -0.15) is 0 Å². The van der Waals surface area contributed by atoms with Gasteiger partial charge in [0, 0.05) is 30.2 Å². The molecule has 2 heterocycles. The van der Waals surface area contributed by atoms with Crippen molar-refractivity contribution in [1.29, 1.82) is 0 Å². The fourth-order valence-corrected chi connectivity index (χ4v) is 2.86. The number of nitrogens with zero attached hydrogens (tertiary/aromatic N) is 2. The third kappa shape index (κ3) is 3.52. The molecule has 0 atom stereocenters. The van der Waals surface area contributed by atoms with Crippen molar-refractivity contribution in [2.45, 2.75) is 13.0 Å². The molecule has 1 fully saturated rings. The molecule has 1 aromatic heterocycles. The van der Waals surface area contributed by atoms with Gasteiger partial charge in [-0.1, -0.05) is 15.9 Å². The van der Waals surface area contributed by atoms with Gasteiger partial charge >= 0.3 is 0 Å². The Morgan fingerprint density at radius 2 is 2.27 bits per heavy atom. The first-order valence-electron chi connectivity index (χ1n) is 5.18. The van der Waals surface area contributed by atoms with E-state index in [1.165, 1.54) is 10.7 Å². The van der Waals surface area contributed by atoms with E-state index in [-0.39, 0.29) is 0 Å². The third-order valence-corrected chi connectivity index (χ3v) is 3.69. The molecule has 0 amide bonds. The number of morpholine rings is 1. The van der Waals surface area contributed by atoms with Gasteiger partial charge in [-0.25, -0.2) is 4.98 Å². The predicted molar refractivity (Wildman–Crippen MR) is 65.7 cm³/mol. The monoisotopic (exact) mass is 290 g/mol. The van der Waals surface area contributed by atoms with E-state index in [9.17, 15) is 0 Å². The highest BCUT2D eigenvalue weighted by Gasteiger charge is 2.12. The largest absolute Gasteiger partial charge is 0.379 e. The van der Waals surface area contributed by atoms with Gasteiger partial charge in [0.05, 0.1) is 25.5 Å². The van der Waals surface area contributed by atoms with Gasteiger partial charge in [-0.05, 0) is 0 Å². The zero-order valence-electron chi connectivity index (χ0n) is 8.62. The summed E-state index contributed by atoms with van der Waals surface area (Å²) in [6.45, 7) is 4.77. The van der Waals surface area contributed by atoms with Crippen LogP contribution in [-0.4, -0.2) is 41.5 Å². The molecule has 1 aliphatic heterocycles. The van der Waals surface area contributed by atoms with Gasteiger partial charge < -0.3 is 4.74 Å². The van der Waals surface area contributed by atoms with E-state index in [1.807, 2.05) is 0 Å². The van der Waals surface area contributed by atoms with Crippen molar-refractivity contribution < 1.29 is 4.74 Å². The number of thiazole rings is 1. The van der Waals surface area contributed by atoms with Crippen LogP contribution in [-0.2, 0) is 17.7 Å². The Morgan fingerprint density at radius 3 is 3.00 bits per heavy atom. The van der Waals surface area contributed by atoms with E-state index in [1.54, 1.807) is 11.3 Å². The summed E-state index contributed by atoms with van der Waals surface area (Å²) in [5, 5.41) is 4.39. The zero-order chi connectivity index (χ0) is 10.5. The molecule has 0 aliphatic carbocycles. The number of ether oxygens (including phenoxy) is 1. The smallest absolute Gasteiger partial charge is 0.107 e.